The molecule has 2 heterocycles. The van der Waals surface area contributed by atoms with Crippen molar-refractivity contribution in [2.75, 3.05) is 7.05 Å². The van der Waals surface area contributed by atoms with Crippen LogP contribution in [-0.4, -0.2) is 33.3 Å². The monoisotopic (exact) mass is 317 g/mol. The molecule has 1 aromatic rings. The highest BCUT2D eigenvalue weighted by Gasteiger charge is 2.52. The van der Waals surface area contributed by atoms with E-state index < -0.39 is 0 Å². The van der Waals surface area contributed by atoms with Gasteiger partial charge in [-0.2, -0.15) is 5.10 Å². The quantitative estimate of drug-likeness (QED) is 0.779. The van der Waals surface area contributed by atoms with Gasteiger partial charge in [-0.15, -0.1) is 0 Å². The number of hydrogen-bond donors (Lipinski definition) is 0. The molecule has 82 valence electrons. The van der Waals surface area contributed by atoms with Crippen LogP contribution in [0.4, 0.5) is 0 Å². The van der Waals surface area contributed by atoms with Gasteiger partial charge in [0, 0.05) is 17.8 Å². The van der Waals surface area contributed by atoms with Crippen LogP contribution >= 0.6 is 22.6 Å². The van der Waals surface area contributed by atoms with E-state index in [-0.39, 0.29) is 0 Å². The zero-order chi connectivity index (χ0) is 10.5. The van der Waals surface area contributed by atoms with Crippen molar-refractivity contribution in [3.63, 3.8) is 0 Å². The van der Waals surface area contributed by atoms with Crippen LogP contribution in [-0.2, 0) is 6.54 Å². The summed E-state index contributed by atoms with van der Waals surface area (Å²) in [7, 11) is 2.29. The van der Waals surface area contributed by atoms with E-state index in [1.165, 1.54) is 29.3 Å². The lowest BCUT2D eigenvalue weighted by molar-refractivity contribution is 0.203. The van der Waals surface area contributed by atoms with Crippen LogP contribution in [0.3, 0.4) is 0 Å². The molecule has 0 N–H and O–H groups in total. The standard InChI is InChI=1S/C11H16IN3/c1-14-10(2-3-11(14)4-5-11)8-15-7-9(12)6-13-15/h6-7,10H,2-5,8H2,1H3/t10-/m0/s1. The second kappa shape index (κ2) is 3.45. The summed E-state index contributed by atoms with van der Waals surface area (Å²) in [5.74, 6) is 0. The third-order valence-corrected chi connectivity index (χ3v) is 4.62. The van der Waals surface area contributed by atoms with Crippen molar-refractivity contribution in [3.05, 3.63) is 16.0 Å². The molecule has 1 aliphatic heterocycles. The Hall–Kier alpha value is -0.100. The number of likely N-dealkylation sites (tertiary alicyclic amines) is 1. The number of aromatic nitrogens is 2. The van der Waals surface area contributed by atoms with Gasteiger partial charge in [-0.25, -0.2) is 0 Å². The summed E-state index contributed by atoms with van der Waals surface area (Å²) in [5.41, 5.74) is 0.602. The van der Waals surface area contributed by atoms with Crippen molar-refractivity contribution in [2.45, 2.75) is 43.8 Å². The number of nitrogens with zero attached hydrogens (tertiary/aromatic N) is 3. The molecule has 2 fully saturated rings. The third-order valence-electron chi connectivity index (χ3n) is 4.07. The maximum atomic E-state index is 4.36. The Labute approximate surface area is 104 Å². The third kappa shape index (κ3) is 1.71. The lowest BCUT2D eigenvalue weighted by Gasteiger charge is -2.25. The Morgan fingerprint density at radius 3 is 2.87 bits per heavy atom. The predicted octanol–water partition coefficient (Wildman–Crippen LogP) is 2.11. The molecule has 1 atom stereocenters. The van der Waals surface area contributed by atoms with E-state index in [0.29, 0.717) is 11.6 Å². The van der Waals surface area contributed by atoms with Crippen LogP contribution in [0, 0.1) is 3.57 Å². The molecular weight excluding hydrogens is 301 g/mol. The molecule has 1 aromatic heterocycles. The molecule has 1 spiro atoms. The summed E-state index contributed by atoms with van der Waals surface area (Å²) in [5, 5.41) is 4.36. The zero-order valence-electron chi connectivity index (χ0n) is 8.99. The highest BCUT2D eigenvalue weighted by Crippen LogP contribution is 2.50. The molecule has 1 saturated heterocycles. The minimum absolute atomic E-state index is 0.602. The van der Waals surface area contributed by atoms with Gasteiger partial charge < -0.3 is 0 Å². The van der Waals surface area contributed by atoms with Crippen molar-refractivity contribution >= 4 is 22.6 Å². The average Bonchev–Trinajstić information content (AvgIpc) is 2.81. The van der Waals surface area contributed by atoms with Gasteiger partial charge in [-0.1, -0.05) is 0 Å². The van der Waals surface area contributed by atoms with Crippen LogP contribution in [0.2, 0.25) is 0 Å². The maximum absolute atomic E-state index is 4.36. The number of likely N-dealkylation sites (N-methyl/N-ethyl adjacent to an activating group) is 1. The molecular formula is C11H16IN3. The van der Waals surface area contributed by atoms with Crippen molar-refractivity contribution in [2.24, 2.45) is 0 Å². The molecule has 1 aliphatic carbocycles. The second-order valence-corrected chi connectivity index (χ2v) is 6.15. The molecule has 15 heavy (non-hydrogen) atoms. The van der Waals surface area contributed by atoms with Gasteiger partial charge in [0.1, 0.15) is 0 Å². The molecule has 2 aliphatic rings. The molecule has 0 aromatic carbocycles. The Bertz CT molecular complexity index is 370. The van der Waals surface area contributed by atoms with Gasteiger partial charge in [-0.05, 0) is 55.3 Å². The van der Waals surface area contributed by atoms with Crippen molar-refractivity contribution in [1.29, 1.82) is 0 Å². The summed E-state index contributed by atoms with van der Waals surface area (Å²) < 4.78 is 3.32. The second-order valence-electron chi connectivity index (χ2n) is 4.91. The maximum Gasteiger partial charge on any atom is 0.0623 e. The summed E-state index contributed by atoms with van der Waals surface area (Å²) in [6.07, 6.45) is 9.63. The number of hydrogen-bond acceptors (Lipinski definition) is 2. The fourth-order valence-corrected chi connectivity index (χ4v) is 3.25. The molecule has 0 amide bonds. The van der Waals surface area contributed by atoms with Crippen molar-refractivity contribution < 1.29 is 0 Å². The van der Waals surface area contributed by atoms with Gasteiger partial charge in [0.15, 0.2) is 0 Å². The van der Waals surface area contributed by atoms with E-state index in [4.69, 9.17) is 0 Å². The predicted molar refractivity (Wildman–Crippen MR) is 67.7 cm³/mol. The van der Waals surface area contributed by atoms with Crippen LogP contribution in [0.15, 0.2) is 12.4 Å². The van der Waals surface area contributed by atoms with E-state index in [2.05, 4.69) is 50.5 Å². The van der Waals surface area contributed by atoms with Gasteiger partial charge in [0.25, 0.3) is 0 Å². The number of rotatable bonds is 2. The lowest BCUT2D eigenvalue weighted by Crippen LogP contribution is -2.36. The van der Waals surface area contributed by atoms with Gasteiger partial charge in [0.05, 0.1) is 16.3 Å². The first-order valence-corrected chi connectivity index (χ1v) is 6.68. The Morgan fingerprint density at radius 1 is 1.53 bits per heavy atom. The molecule has 3 nitrogen and oxygen atoms in total. The molecule has 1 saturated carbocycles. The number of halogens is 1. The minimum Gasteiger partial charge on any atom is -0.296 e. The largest absolute Gasteiger partial charge is 0.296 e. The van der Waals surface area contributed by atoms with Gasteiger partial charge >= 0.3 is 0 Å². The normalized spacial score (nSPS) is 28.8. The van der Waals surface area contributed by atoms with Crippen molar-refractivity contribution in [1.82, 2.24) is 14.7 Å². The topological polar surface area (TPSA) is 21.1 Å². The lowest BCUT2D eigenvalue weighted by atomic mass is 10.2. The van der Waals surface area contributed by atoms with E-state index in [1.54, 1.807) is 0 Å². The fourth-order valence-electron chi connectivity index (χ4n) is 2.81. The Kier molecular flexibility index (Phi) is 2.32. The summed E-state index contributed by atoms with van der Waals surface area (Å²) in [4.78, 5) is 2.60. The first kappa shape index (κ1) is 10.1. The molecule has 4 heteroatoms. The summed E-state index contributed by atoms with van der Waals surface area (Å²) in [6, 6.07) is 0.697. The van der Waals surface area contributed by atoms with E-state index in [1.807, 2.05) is 6.20 Å². The highest BCUT2D eigenvalue weighted by molar-refractivity contribution is 14.1. The van der Waals surface area contributed by atoms with Gasteiger partial charge in [-0.3, -0.25) is 9.58 Å². The summed E-state index contributed by atoms with van der Waals surface area (Å²) in [6.45, 7) is 1.06. The zero-order valence-corrected chi connectivity index (χ0v) is 11.1. The molecule has 0 bridgehead atoms. The van der Waals surface area contributed by atoms with E-state index >= 15 is 0 Å². The van der Waals surface area contributed by atoms with Crippen molar-refractivity contribution in [3.8, 4) is 0 Å². The highest BCUT2D eigenvalue weighted by atomic mass is 127. The Balaban J connectivity index is 1.69. The first-order valence-electron chi connectivity index (χ1n) is 5.61. The smallest absolute Gasteiger partial charge is 0.0623 e. The first-order chi connectivity index (χ1) is 7.20. The SMILES string of the molecule is CN1[C@H](Cn2cc(I)cn2)CCC12CC2. The van der Waals surface area contributed by atoms with Crippen LogP contribution < -0.4 is 0 Å². The Morgan fingerprint density at radius 2 is 2.33 bits per heavy atom. The molecule has 3 rings (SSSR count). The minimum atomic E-state index is 0.602. The van der Waals surface area contributed by atoms with Gasteiger partial charge in [0.2, 0.25) is 0 Å². The van der Waals surface area contributed by atoms with E-state index in [0.717, 1.165) is 6.54 Å². The molecule has 0 radical (unpaired) electrons. The van der Waals surface area contributed by atoms with Crippen LogP contribution in [0.1, 0.15) is 25.7 Å². The van der Waals surface area contributed by atoms with E-state index in [9.17, 15) is 0 Å². The fraction of sp³-hybridized carbons (Fsp3) is 0.727. The molecule has 0 unspecified atom stereocenters. The average molecular weight is 317 g/mol. The van der Waals surface area contributed by atoms with Crippen LogP contribution in [0.25, 0.3) is 0 Å². The summed E-state index contributed by atoms with van der Waals surface area (Å²) >= 11 is 2.31. The van der Waals surface area contributed by atoms with Crippen LogP contribution in [0.5, 0.6) is 0 Å².